The van der Waals surface area contributed by atoms with Crippen molar-refractivity contribution in [1.29, 1.82) is 0 Å². The Labute approximate surface area is 161 Å². The molecule has 0 saturated carbocycles. The molecule has 1 saturated heterocycles. The fourth-order valence-corrected chi connectivity index (χ4v) is 4.63. The molecule has 1 N–H and O–H groups in total. The predicted molar refractivity (Wildman–Crippen MR) is 105 cm³/mol. The lowest BCUT2D eigenvalue weighted by Crippen LogP contribution is -2.54. The maximum absolute atomic E-state index is 12.5. The summed E-state index contributed by atoms with van der Waals surface area (Å²) in [6, 6.07) is 6.75. The molecule has 1 heterocycles. The number of hydrogen-bond acceptors (Lipinski definition) is 5. The minimum atomic E-state index is -3.42. The number of amides is 1. The Morgan fingerprint density at radius 2 is 1.59 bits per heavy atom. The van der Waals surface area contributed by atoms with Crippen molar-refractivity contribution in [2.24, 2.45) is 0 Å². The molecule has 1 fully saturated rings. The van der Waals surface area contributed by atoms with Crippen LogP contribution in [0.5, 0.6) is 0 Å². The molecule has 0 aliphatic carbocycles. The summed E-state index contributed by atoms with van der Waals surface area (Å²) in [6.45, 7) is 8.01. The number of ketones is 1. The Kier molecular flexibility index (Phi) is 7.49. The number of carbonyl (C=O) groups is 2. The predicted octanol–water partition coefficient (Wildman–Crippen LogP) is 1.03. The van der Waals surface area contributed by atoms with Gasteiger partial charge in [-0.25, -0.2) is 0 Å². The summed E-state index contributed by atoms with van der Waals surface area (Å²) in [5.41, 5.74) is 1.23. The molecular formula is C18H28N4O4S. The van der Waals surface area contributed by atoms with Crippen LogP contribution in [0.2, 0.25) is 0 Å². The van der Waals surface area contributed by atoms with Gasteiger partial charge in [-0.2, -0.15) is 17.0 Å². The summed E-state index contributed by atoms with van der Waals surface area (Å²) >= 11 is 0. The molecule has 0 radical (unpaired) electrons. The van der Waals surface area contributed by atoms with Gasteiger partial charge in [-0.3, -0.25) is 14.5 Å². The van der Waals surface area contributed by atoms with Crippen molar-refractivity contribution >= 4 is 27.6 Å². The maximum atomic E-state index is 12.5. The fourth-order valence-electron chi connectivity index (χ4n) is 3.02. The third-order valence-corrected chi connectivity index (χ3v) is 6.82. The molecule has 0 aromatic heterocycles. The van der Waals surface area contributed by atoms with Gasteiger partial charge in [-0.15, -0.1) is 0 Å². The van der Waals surface area contributed by atoms with E-state index in [0.717, 1.165) is 0 Å². The van der Waals surface area contributed by atoms with E-state index < -0.39 is 10.2 Å². The summed E-state index contributed by atoms with van der Waals surface area (Å²) in [6.07, 6.45) is 0. The van der Waals surface area contributed by atoms with Gasteiger partial charge in [-0.05, 0) is 31.2 Å². The summed E-state index contributed by atoms with van der Waals surface area (Å²) in [4.78, 5) is 25.4. The van der Waals surface area contributed by atoms with Crippen LogP contribution in [0.15, 0.2) is 24.3 Å². The van der Waals surface area contributed by atoms with Crippen LogP contribution < -0.4 is 5.32 Å². The number of Topliss-reactive ketones (excluding diaryl/α,β-unsaturated/α-hetero) is 1. The first-order valence-electron chi connectivity index (χ1n) is 9.16. The highest BCUT2D eigenvalue weighted by molar-refractivity contribution is 7.86. The number of nitrogens with zero attached hydrogens (tertiary/aromatic N) is 3. The van der Waals surface area contributed by atoms with E-state index in [9.17, 15) is 18.0 Å². The van der Waals surface area contributed by atoms with Gasteiger partial charge in [0.05, 0.1) is 6.54 Å². The second kappa shape index (κ2) is 9.41. The van der Waals surface area contributed by atoms with Crippen molar-refractivity contribution in [2.45, 2.75) is 20.8 Å². The summed E-state index contributed by atoms with van der Waals surface area (Å²) < 4.78 is 28.0. The lowest BCUT2D eigenvalue weighted by atomic mass is 10.1. The van der Waals surface area contributed by atoms with Crippen molar-refractivity contribution in [3.8, 4) is 0 Å². The summed E-state index contributed by atoms with van der Waals surface area (Å²) in [5.74, 6) is -0.184. The lowest BCUT2D eigenvalue weighted by Gasteiger charge is -2.35. The molecule has 150 valence electrons. The van der Waals surface area contributed by atoms with Crippen LogP contribution in [-0.2, 0) is 15.0 Å². The van der Waals surface area contributed by atoms with E-state index in [-0.39, 0.29) is 18.2 Å². The molecule has 27 heavy (non-hydrogen) atoms. The monoisotopic (exact) mass is 396 g/mol. The van der Waals surface area contributed by atoms with E-state index in [1.54, 1.807) is 24.3 Å². The van der Waals surface area contributed by atoms with Gasteiger partial charge in [0.15, 0.2) is 5.78 Å². The second-order valence-electron chi connectivity index (χ2n) is 6.45. The van der Waals surface area contributed by atoms with Gasteiger partial charge in [0.25, 0.3) is 10.2 Å². The zero-order valence-electron chi connectivity index (χ0n) is 16.1. The molecule has 1 aromatic rings. The van der Waals surface area contributed by atoms with E-state index in [1.807, 2.05) is 18.7 Å². The minimum absolute atomic E-state index is 0.0228. The Morgan fingerprint density at radius 3 is 2.07 bits per heavy atom. The van der Waals surface area contributed by atoms with Crippen LogP contribution >= 0.6 is 0 Å². The van der Waals surface area contributed by atoms with E-state index in [4.69, 9.17) is 0 Å². The first-order chi connectivity index (χ1) is 12.8. The van der Waals surface area contributed by atoms with Crippen LogP contribution in [0.1, 0.15) is 31.1 Å². The Morgan fingerprint density at radius 1 is 1.04 bits per heavy atom. The van der Waals surface area contributed by atoms with Crippen molar-refractivity contribution in [3.63, 3.8) is 0 Å². The molecule has 0 bridgehead atoms. The van der Waals surface area contributed by atoms with Gasteiger partial charge < -0.3 is 5.32 Å². The number of rotatable bonds is 8. The Bertz CT molecular complexity index is 752. The summed E-state index contributed by atoms with van der Waals surface area (Å²) in [5, 5.41) is 2.80. The largest absolute Gasteiger partial charge is 0.325 e. The molecule has 2 rings (SSSR count). The first-order valence-corrected chi connectivity index (χ1v) is 10.6. The minimum Gasteiger partial charge on any atom is -0.325 e. The molecular weight excluding hydrogens is 368 g/mol. The quantitative estimate of drug-likeness (QED) is 0.663. The molecule has 0 unspecified atom stereocenters. The van der Waals surface area contributed by atoms with Crippen molar-refractivity contribution in [2.75, 3.05) is 51.1 Å². The molecule has 0 atom stereocenters. The standard InChI is InChI=1S/C18H28N4O4S/c1-4-21(5-2)27(25,26)22-12-10-20(11-13-22)14-18(24)19-17-8-6-16(7-9-17)15(3)23/h6-9H,4-5,10-14H2,1-3H3,(H,19,24). The van der Waals surface area contributed by atoms with E-state index in [2.05, 4.69) is 5.32 Å². The van der Waals surface area contributed by atoms with Crippen LogP contribution in [-0.4, -0.2) is 79.4 Å². The molecule has 1 aromatic carbocycles. The molecule has 9 heteroatoms. The van der Waals surface area contributed by atoms with Crippen molar-refractivity contribution < 1.29 is 18.0 Å². The SMILES string of the molecule is CCN(CC)S(=O)(=O)N1CCN(CC(=O)Nc2ccc(C(C)=O)cc2)CC1. The Hall–Kier alpha value is -1.81. The van der Waals surface area contributed by atoms with Crippen molar-refractivity contribution in [3.05, 3.63) is 29.8 Å². The molecule has 1 aliphatic rings. The molecule has 1 aliphatic heterocycles. The number of nitrogens with one attached hydrogen (secondary N) is 1. The zero-order valence-corrected chi connectivity index (χ0v) is 17.0. The topological polar surface area (TPSA) is 90.0 Å². The van der Waals surface area contributed by atoms with Crippen LogP contribution in [0.4, 0.5) is 5.69 Å². The van der Waals surface area contributed by atoms with Crippen LogP contribution in [0, 0.1) is 0 Å². The Balaban J connectivity index is 1.84. The van der Waals surface area contributed by atoms with E-state index in [0.29, 0.717) is 50.5 Å². The number of anilines is 1. The lowest BCUT2D eigenvalue weighted by molar-refractivity contribution is -0.117. The number of benzene rings is 1. The van der Waals surface area contributed by atoms with E-state index in [1.165, 1.54) is 15.5 Å². The van der Waals surface area contributed by atoms with Crippen LogP contribution in [0.3, 0.4) is 0 Å². The third-order valence-electron chi connectivity index (χ3n) is 4.63. The molecule has 1 amide bonds. The highest BCUT2D eigenvalue weighted by atomic mass is 32.2. The van der Waals surface area contributed by atoms with Gasteiger partial charge >= 0.3 is 0 Å². The number of carbonyl (C=O) groups excluding carboxylic acids is 2. The smallest absolute Gasteiger partial charge is 0.282 e. The average Bonchev–Trinajstić information content (AvgIpc) is 2.63. The van der Waals surface area contributed by atoms with Gasteiger partial charge in [0.2, 0.25) is 5.91 Å². The fraction of sp³-hybridized carbons (Fsp3) is 0.556. The number of hydrogen-bond donors (Lipinski definition) is 1. The average molecular weight is 397 g/mol. The highest BCUT2D eigenvalue weighted by Gasteiger charge is 2.31. The van der Waals surface area contributed by atoms with Gasteiger partial charge in [0.1, 0.15) is 0 Å². The second-order valence-corrected chi connectivity index (χ2v) is 8.38. The van der Waals surface area contributed by atoms with Gasteiger partial charge in [-0.1, -0.05) is 13.8 Å². The van der Waals surface area contributed by atoms with E-state index >= 15 is 0 Å². The maximum Gasteiger partial charge on any atom is 0.282 e. The zero-order chi connectivity index (χ0) is 20.0. The summed E-state index contributed by atoms with van der Waals surface area (Å²) in [7, 11) is -3.42. The molecule has 0 spiro atoms. The van der Waals surface area contributed by atoms with Crippen molar-refractivity contribution in [1.82, 2.24) is 13.5 Å². The first kappa shape index (κ1) is 21.5. The van der Waals surface area contributed by atoms with Crippen LogP contribution in [0.25, 0.3) is 0 Å². The van der Waals surface area contributed by atoms with Gasteiger partial charge in [0, 0.05) is 50.5 Å². The normalized spacial score (nSPS) is 16.4. The highest BCUT2D eigenvalue weighted by Crippen LogP contribution is 2.13. The number of piperazine rings is 1. The third kappa shape index (κ3) is 5.58. The molecule has 8 nitrogen and oxygen atoms in total.